The number of ether oxygens (including phenoxy) is 1. The molecule has 1 aliphatic rings. The van der Waals surface area contributed by atoms with E-state index in [9.17, 15) is 15.0 Å². The molecular formula is C11H15ClN2O5. The number of carbonyl (C=O) groups excluding carboxylic acids is 1. The van der Waals surface area contributed by atoms with Gasteiger partial charge in [-0.2, -0.15) is 4.57 Å². The lowest BCUT2D eigenvalue weighted by atomic mass is 10.1. The summed E-state index contributed by atoms with van der Waals surface area (Å²) in [5, 5.41) is 28.4. The van der Waals surface area contributed by atoms with E-state index in [4.69, 9.17) is 15.6 Å². The number of nitrogens with zero attached hydrogens (tertiary/aromatic N) is 1. The van der Waals surface area contributed by atoms with E-state index >= 15 is 0 Å². The van der Waals surface area contributed by atoms with Gasteiger partial charge in [-0.05, 0) is 6.07 Å². The molecule has 1 aromatic heterocycles. The molecule has 1 amide bonds. The smallest absolute Gasteiger partial charge is 0.292 e. The number of halogens is 1. The van der Waals surface area contributed by atoms with Crippen molar-refractivity contribution in [2.75, 3.05) is 6.61 Å². The van der Waals surface area contributed by atoms with Crippen LogP contribution in [0.4, 0.5) is 0 Å². The quantitative estimate of drug-likeness (QED) is 0.415. The molecule has 1 saturated heterocycles. The monoisotopic (exact) mass is 290 g/mol. The molecule has 1 aliphatic heterocycles. The van der Waals surface area contributed by atoms with E-state index in [-0.39, 0.29) is 18.0 Å². The number of carbonyl (C=O) groups is 1. The van der Waals surface area contributed by atoms with Crippen LogP contribution in [0.1, 0.15) is 16.6 Å². The van der Waals surface area contributed by atoms with Crippen molar-refractivity contribution in [2.45, 2.75) is 24.5 Å². The molecule has 0 saturated carbocycles. The Bertz CT molecular complexity index is 458. The van der Waals surface area contributed by atoms with Gasteiger partial charge in [0.2, 0.25) is 0 Å². The number of nitrogens with two attached hydrogens (primary N) is 1. The number of aliphatic hydroxyl groups is 3. The number of hydrogen-bond donors (Lipinski definition) is 4. The third-order valence-corrected chi connectivity index (χ3v) is 2.92. The molecule has 2 heterocycles. The summed E-state index contributed by atoms with van der Waals surface area (Å²) in [6.07, 6.45) is -1.08. The summed E-state index contributed by atoms with van der Waals surface area (Å²) in [6, 6.07) is 3.11. The number of hydrogen-bond acceptors (Lipinski definition) is 5. The van der Waals surface area contributed by atoms with E-state index in [1.807, 2.05) is 0 Å². The summed E-state index contributed by atoms with van der Waals surface area (Å²) in [7, 11) is 0. The molecule has 0 aromatic carbocycles. The standard InChI is InChI=1S/C11H14N2O5.ClH/c12-10(17)6-2-1-3-13(4-6)11-9(16)8(15)7(5-14)18-11;/h1-4,7-9,11,14-16H,5H2,(H-,12,17);1H. The highest BCUT2D eigenvalue weighted by Crippen LogP contribution is 2.24. The van der Waals surface area contributed by atoms with Crippen molar-refractivity contribution in [3.63, 3.8) is 0 Å². The predicted molar refractivity (Wildman–Crippen MR) is 58.2 cm³/mol. The Kier molecular flexibility index (Phi) is 5.21. The van der Waals surface area contributed by atoms with Crippen LogP contribution in [0.25, 0.3) is 0 Å². The van der Waals surface area contributed by atoms with Crippen LogP contribution in [-0.2, 0) is 4.74 Å². The highest BCUT2D eigenvalue weighted by Gasteiger charge is 2.47. The molecule has 19 heavy (non-hydrogen) atoms. The summed E-state index contributed by atoms with van der Waals surface area (Å²) < 4.78 is 6.75. The fourth-order valence-corrected chi connectivity index (χ4v) is 1.92. The minimum Gasteiger partial charge on any atom is -1.00 e. The molecule has 5 N–H and O–H groups in total. The Morgan fingerprint density at radius 1 is 1.42 bits per heavy atom. The van der Waals surface area contributed by atoms with E-state index < -0.39 is 37.1 Å². The Morgan fingerprint density at radius 2 is 2.11 bits per heavy atom. The van der Waals surface area contributed by atoms with Gasteiger partial charge in [0.25, 0.3) is 12.1 Å². The van der Waals surface area contributed by atoms with E-state index in [0.717, 1.165) is 0 Å². The van der Waals surface area contributed by atoms with Gasteiger partial charge in [-0.3, -0.25) is 4.79 Å². The van der Waals surface area contributed by atoms with Gasteiger partial charge in [-0.25, -0.2) is 0 Å². The summed E-state index contributed by atoms with van der Waals surface area (Å²) >= 11 is 0. The molecule has 0 spiro atoms. The normalized spacial score (nSPS) is 29.8. The van der Waals surface area contributed by atoms with Gasteiger partial charge in [0.15, 0.2) is 18.5 Å². The Balaban J connectivity index is 0.00000180. The lowest BCUT2D eigenvalue weighted by Gasteiger charge is -2.09. The second kappa shape index (κ2) is 6.27. The number of aromatic nitrogens is 1. The molecule has 4 atom stereocenters. The molecular weight excluding hydrogens is 276 g/mol. The van der Waals surface area contributed by atoms with E-state index in [0.29, 0.717) is 0 Å². The van der Waals surface area contributed by atoms with Crippen molar-refractivity contribution >= 4 is 5.91 Å². The van der Waals surface area contributed by atoms with Crippen molar-refractivity contribution in [2.24, 2.45) is 5.73 Å². The lowest BCUT2D eigenvalue weighted by Crippen LogP contribution is -3.00. The molecule has 1 fully saturated rings. The zero-order valence-electron chi connectivity index (χ0n) is 9.89. The zero-order chi connectivity index (χ0) is 13.3. The fraction of sp³-hybridized carbons (Fsp3) is 0.455. The van der Waals surface area contributed by atoms with Gasteiger partial charge in [0.05, 0.1) is 6.61 Å². The van der Waals surface area contributed by atoms with Crippen molar-refractivity contribution in [3.05, 3.63) is 30.1 Å². The summed E-state index contributed by atoms with van der Waals surface area (Å²) in [6.45, 7) is -0.398. The first-order valence-electron chi connectivity index (χ1n) is 5.47. The maximum Gasteiger partial charge on any atom is 0.292 e. The average Bonchev–Trinajstić information content (AvgIpc) is 2.66. The number of aliphatic hydroxyl groups excluding tert-OH is 3. The first-order chi connectivity index (χ1) is 8.54. The van der Waals surface area contributed by atoms with Gasteiger partial charge in [-0.1, -0.05) is 0 Å². The summed E-state index contributed by atoms with van der Waals surface area (Å²) in [4.78, 5) is 11.1. The van der Waals surface area contributed by atoms with Crippen LogP contribution in [0.2, 0.25) is 0 Å². The van der Waals surface area contributed by atoms with Crippen LogP contribution in [0.3, 0.4) is 0 Å². The fourth-order valence-electron chi connectivity index (χ4n) is 1.92. The first-order valence-corrected chi connectivity index (χ1v) is 5.47. The van der Waals surface area contributed by atoms with Crippen LogP contribution in [0.15, 0.2) is 24.5 Å². The van der Waals surface area contributed by atoms with Crippen LogP contribution >= 0.6 is 0 Å². The third-order valence-electron chi connectivity index (χ3n) is 2.92. The highest BCUT2D eigenvalue weighted by atomic mass is 35.5. The molecule has 0 aliphatic carbocycles. The van der Waals surface area contributed by atoms with Crippen molar-refractivity contribution in [1.29, 1.82) is 0 Å². The number of rotatable bonds is 3. The molecule has 4 unspecified atom stereocenters. The lowest BCUT2D eigenvalue weighted by molar-refractivity contribution is -0.765. The van der Waals surface area contributed by atoms with Gasteiger partial charge < -0.3 is 38.2 Å². The topological polar surface area (TPSA) is 117 Å². The van der Waals surface area contributed by atoms with Crippen LogP contribution in [0.5, 0.6) is 0 Å². The van der Waals surface area contributed by atoms with Crippen molar-refractivity contribution in [3.8, 4) is 0 Å². The van der Waals surface area contributed by atoms with Gasteiger partial charge in [0, 0.05) is 6.07 Å². The summed E-state index contributed by atoms with van der Waals surface area (Å²) in [5.41, 5.74) is 5.41. The van der Waals surface area contributed by atoms with Crippen LogP contribution < -0.4 is 22.7 Å². The SMILES string of the molecule is NC(=O)c1ccc[n+](C2OC(CO)C(O)C2O)c1.[Cl-]. The Morgan fingerprint density at radius 3 is 2.63 bits per heavy atom. The van der Waals surface area contributed by atoms with Gasteiger partial charge in [-0.15, -0.1) is 0 Å². The number of pyridine rings is 1. The molecule has 7 nitrogen and oxygen atoms in total. The van der Waals surface area contributed by atoms with Crippen molar-refractivity contribution in [1.82, 2.24) is 0 Å². The second-order valence-corrected chi connectivity index (χ2v) is 4.13. The van der Waals surface area contributed by atoms with Crippen LogP contribution in [0, 0.1) is 0 Å². The van der Waals surface area contributed by atoms with Crippen LogP contribution in [-0.4, -0.2) is 46.1 Å². The van der Waals surface area contributed by atoms with E-state index in [1.165, 1.54) is 16.8 Å². The molecule has 1 aromatic rings. The minimum atomic E-state index is -1.18. The summed E-state index contributed by atoms with van der Waals surface area (Å²) in [5.74, 6) is -0.601. The third kappa shape index (κ3) is 3.02. The van der Waals surface area contributed by atoms with E-state index in [2.05, 4.69) is 0 Å². The largest absolute Gasteiger partial charge is 1.00 e. The number of primary amides is 1. The Hall–Kier alpha value is -1.25. The molecule has 8 heteroatoms. The second-order valence-electron chi connectivity index (χ2n) is 4.13. The Labute approximate surface area is 115 Å². The highest BCUT2D eigenvalue weighted by molar-refractivity contribution is 5.92. The maximum atomic E-state index is 11.1. The average molecular weight is 291 g/mol. The maximum absolute atomic E-state index is 11.1. The molecule has 2 rings (SSSR count). The minimum absolute atomic E-state index is 0. The van der Waals surface area contributed by atoms with E-state index in [1.54, 1.807) is 12.3 Å². The zero-order valence-corrected chi connectivity index (χ0v) is 10.6. The predicted octanol–water partition coefficient (Wildman–Crippen LogP) is -5.31. The van der Waals surface area contributed by atoms with Gasteiger partial charge in [0.1, 0.15) is 17.8 Å². The van der Waals surface area contributed by atoms with Gasteiger partial charge >= 0.3 is 0 Å². The van der Waals surface area contributed by atoms with Crippen molar-refractivity contribution < 1.29 is 41.8 Å². The number of amides is 1. The molecule has 0 bridgehead atoms. The molecule has 106 valence electrons. The first kappa shape index (κ1) is 15.8. The molecule has 0 radical (unpaired) electrons.